The number of rotatable bonds is 11. The van der Waals surface area contributed by atoms with Gasteiger partial charge in [0, 0.05) is 0 Å². The SMILES string of the molecule is CC(C)[C@H](N)C(=O)NCC(=O)N[C@@H](CO)C(=O)N[C@@H](COC(=O)C(F)(F)F)C(=O)O. The number of ether oxygens (including phenoxy) is 1. The number of carbonyl (C=O) groups excluding carboxylic acids is 4. The first-order valence-electron chi connectivity index (χ1n) is 8.41. The minimum atomic E-state index is -5.36. The van der Waals surface area contributed by atoms with E-state index in [0.717, 1.165) is 0 Å². The van der Waals surface area contributed by atoms with E-state index in [2.05, 4.69) is 10.1 Å². The molecule has 0 fully saturated rings. The molecule has 0 bridgehead atoms. The van der Waals surface area contributed by atoms with Crippen molar-refractivity contribution < 1.29 is 52.1 Å². The van der Waals surface area contributed by atoms with Gasteiger partial charge in [-0.2, -0.15) is 13.2 Å². The number of aliphatic hydroxyl groups excluding tert-OH is 1. The number of halogens is 3. The van der Waals surface area contributed by atoms with Crippen molar-refractivity contribution in [3.63, 3.8) is 0 Å². The van der Waals surface area contributed by atoms with E-state index in [0.29, 0.717) is 0 Å². The summed E-state index contributed by atoms with van der Waals surface area (Å²) in [5.41, 5.74) is 5.57. The molecular formula is C15H23F3N4O8. The van der Waals surface area contributed by atoms with Gasteiger partial charge in [-0.15, -0.1) is 0 Å². The van der Waals surface area contributed by atoms with E-state index < -0.39 is 73.7 Å². The van der Waals surface area contributed by atoms with Crippen molar-refractivity contribution in [3.8, 4) is 0 Å². The number of alkyl halides is 3. The Morgan fingerprint density at radius 1 is 1.03 bits per heavy atom. The zero-order chi connectivity index (χ0) is 23.6. The molecule has 0 radical (unpaired) electrons. The average molecular weight is 444 g/mol. The third-order valence-electron chi connectivity index (χ3n) is 3.51. The lowest BCUT2D eigenvalue weighted by Gasteiger charge is -2.20. The van der Waals surface area contributed by atoms with Gasteiger partial charge in [0.25, 0.3) is 0 Å². The van der Waals surface area contributed by atoms with Crippen molar-refractivity contribution in [1.29, 1.82) is 0 Å². The molecule has 12 nitrogen and oxygen atoms in total. The highest BCUT2D eigenvalue weighted by molar-refractivity contribution is 5.92. The van der Waals surface area contributed by atoms with E-state index in [9.17, 15) is 42.3 Å². The second kappa shape index (κ2) is 11.9. The standard InChI is InChI=1S/C15H23F3N4O8/c1-6(2)10(19)12(26)20-3-9(24)21-7(4-23)11(25)22-8(13(27)28)5-30-14(29)15(16,17)18/h6-8,10,23H,3-5,19H2,1-2H3,(H,20,26)(H,21,24)(H,22,25)(H,27,28)/t7-,8-,10-/m0/s1. The number of hydrogen-bond acceptors (Lipinski definition) is 8. The second-order valence-electron chi connectivity index (χ2n) is 6.29. The maximum absolute atomic E-state index is 12.1. The van der Waals surface area contributed by atoms with Crippen LogP contribution in [0.1, 0.15) is 13.8 Å². The third-order valence-corrected chi connectivity index (χ3v) is 3.51. The number of hydrogen-bond donors (Lipinski definition) is 6. The molecule has 0 heterocycles. The van der Waals surface area contributed by atoms with E-state index in [1.807, 2.05) is 5.32 Å². The van der Waals surface area contributed by atoms with Crippen molar-refractivity contribution in [2.75, 3.05) is 19.8 Å². The molecular weight excluding hydrogens is 421 g/mol. The normalized spacial score (nSPS) is 14.3. The fraction of sp³-hybridized carbons (Fsp3) is 0.667. The summed E-state index contributed by atoms with van der Waals surface area (Å²) < 4.78 is 40.0. The fourth-order valence-electron chi connectivity index (χ4n) is 1.72. The highest BCUT2D eigenvalue weighted by Crippen LogP contribution is 2.16. The first-order valence-corrected chi connectivity index (χ1v) is 8.41. The number of esters is 1. The minimum Gasteiger partial charge on any atom is -0.480 e. The molecule has 0 rings (SSSR count). The molecule has 0 aliphatic carbocycles. The summed E-state index contributed by atoms with van der Waals surface area (Å²) in [5.74, 6) is -7.59. The van der Waals surface area contributed by atoms with E-state index in [1.165, 1.54) is 0 Å². The Morgan fingerprint density at radius 2 is 1.60 bits per heavy atom. The predicted octanol–water partition coefficient (Wildman–Crippen LogP) is -2.76. The number of amides is 3. The summed E-state index contributed by atoms with van der Waals surface area (Å²) in [7, 11) is 0. The van der Waals surface area contributed by atoms with Gasteiger partial charge in [-0.1, -0.05) is 13.8 Å². The summed E-state index contributed by atoms with van der Waals surface area (Å²) in [4.78, 5) is 57.1. The topological polar surface area (TPSA) is 197 Å². The van der Waals surface area contributed by atoms with E-state index in [-0.39, 0.29) is 5.92 Å². The van der Waals surface area contributed by atoms with Crippen molar-refractivity contribution in [2.45, 2.75) is 38.1 Å². The summed E-state index contributed by atoms with van der Waals surface area (Å²) in [6.07, 6.45) is -5.36. The van der Waals surface area contributed by atoms with E-state index in [1.54, 1.807) is 19.2 Å². The van der Waals surface area contributed by atoms with Gasteiger partial charge in [-0.3, -0.25) is 14.4 Å². The maximum Gasteiger partial charge on any atom is 0.490 e. The Bertz CT molecular complexity index is 656. The molecule has 0 aliphatic rings. The quantitative estimate of drug-likeness (QED) is 0.183. The van der Waals surface area contributed by atoms with Gasteiger partial charge in [0.15, 0.2) is 6.04 Å². The van der Waals surface area contributed by atoms with Crippen molar-refractivity contribution >= 4 is 29.7 Å². The molecule has 0 aliphatic heterocycles. The lowest BCUT2D eigenvalue weighted by Crippen LogP contribution is -2.56. The maximum atomic E-state index is 12.1. The second-order valence-corrected chi connectivity index (χ2v) is 6.29. The van der Waals surface area contributed by atoms with Crippen LogP contribution in [0.15, 0.2) is 0 Å². The summed E-state index contributed by atoms with van der Waals surface area (Å²) in [6.45, 7) is 0.359. The van der Waals surface area contributed by atoms with Gasteiger partial charge in [0.2, 0.25) is 17.7 Å². The van der Waals surface area contributed by atoms with Crippen LogP contribution in [0.3, 0.4) is 0 Å². The highest BCUT2D eigenvalue weighted by atomic mass is 19.4. The van der Waals surface area contributed by atoms with Crippen LogP contribution in [-0.2, 0) is 28.7 Å². The van der Waals surface area contributed by atoms with Crippen molar-refractivity contribution in [3.05, 3.63) is 0 Å². The van der Waals surface area contributed by atoms with Gasteiger partial charge in [0.05, 0.1) is 19.2 Å². The molecule has 0 aromatic rings. The smallest absolute Gasteiger partial charge is 0.480 e. The molecule has 15 heteroatoms. The van der Waals surface area contributed by atoms with Gasteiger partial charge < -0.3 is 36.6 Å². The molecule has 30 heavy (non-hydrogen) atoms. The highest BCUT2D eigenvalue weighted by Gasteiger charge is 2.41. The van der Waals surface area contributed by atoms with Gasteiger partial charge in [0.1, 0.15) is 12.6 Å². The third kappa shape index (κ3) is 9.51. The largest absolute Gasteiger partial charge is 0.490 e. The van der Waals surface area contributed by atoms with Crippen LogP contribution >= 0.6 is 0 Å². The monoisotopic (exact) mass is 444 g/mol. The van der Waals surface area contributed by atoms with Crippen LogP contribution in [0.5, 0.6) is 0 Å². The van der Waals surface area contributed by atoms with Crippen LogP contribution in [0.2, 0.25) is 0 Å². The van der Waals surface area contributed by atoms with Crippen LogP contribution in [0.4, 0.5) is 13.2 Å². The van der Waals surface area contributed by atoms with Gasteiger partial charge in [-0.05, 0) is 5.92 Å². The molecule has 0 saturated carbocycles. The molecule has 0 spiro atoms. The lowest BCUT2D eigenvalue weighted by atomic mass is 10.1. The molecule has 0 saturated heterocycles. The Balaban J connectivity index is 4.78. The molecule has 0 aromatic carbocycles. The minimum absolute atomic E-state index is 0.219. The Kier molecular flexibility index (Phi) is 10.7. The zero-order valence-corrected chi connectivity index (χ0v) is 16.0. The Labute approximate surface area is 168 Å². The van der Waals surface area contributed by atoms with E-state index in [4.69, 9.17) is 10.8 Å². The first-order chi connectivity index (χ1) is 13.7. The van der Waals surface area contributed by atoms with Crippen molar-refractivity contribution in [1.82, 2.24) is 16.0 Å². The number of carboxylic acids is 1. The number of nitrogens with one attached hydrogen (secondary N) is 3. The number of aliphatic carboxylic acids is 1. The molecule has 0 aromatic heterocycles. The molecule has 7 N–H and O–H groups in total. The van der Waals surface area contributed by atoms with E-state index >= 15 is 0 Å². The molecule has 172 valence electrons. The summed E-state index contributed by atoms with van der Waals surface area (Å²) in [6, 6.07) is -4.68. The first kappa shape index (κ1) is 27.1. The van der Waals surface area contributed by atoms with Crippen LogP contribution < -0.4 is 21.7 Å². The van der Waals surface area contributed by atoms with Crippen LogP contribution in [0, 0.1) is 5.92 Å². The summed E-state index contributed by atoms with van der Waals surface area (Å²) in [5, 5.41) is 24.0. The number of aliphatic hydroxyl groups is 1. The predicted molar refractivity (Wildman–Crippen MR) is 91.4 cm³/mol. The van der Waals surface area contributed by atoms with Crippen LogP contribution in [-0.4, -0.2) is 83.9 Å². The Hall–Kier alpha value is -2.94. The Morgan fingerprint density at radius 3 is 2.03 bits per heavy atom. The molecule has 3 amide bonds. The average Bonchev–Trinajstić information content (AvgIpc) is 2.64. The molecule has 0 unspecified atom stereocenters. The fourth-order valence-corrected chi connectivity index (χ4v) is 1.72. The van der Waals surface area contributed by atoms with Gasteiger partial charge in [-0.25, -0.2) is 9.59 Å². The zero-order valence-electron chi connectivity index (χ0n) is 16.0. The number of carbonyl (C=O) groups is 5. The molecule has 3 atom stereocenters. The van der Waals surface area contributed by atoms with Crippen LogP contribution in [0.25, 0.3) is 0 Å². The van der Waals surface area contributed by atoms with Gasteiger partial charge >= 0.3 is 18.1 Å². The summed E-state index contributed by atoms with van der Waals surface area (Å²) >= 11 is 0. The lowest BCUT2D eigenvalue weighted by molar-refractivity contribution is -0.200. The number of nitrogens with two attached hydrogens (primary N) is 1. The van der Waals surface area contributed by atoms with Crippen molar-refractivity contribution in [2.24, 2.45) is 11.7 Å². The number of carboxylic acid groups (broad SMARTS) is 1.